The topological polar surface area (TPSA) is 26.3 Å². The molecule has 0 aromatic heterocycles. The van der Waals surface area contributed by atoms with Crippen LogP contribution in [0, 0.1) is 5.92 Å². The number of esters is 1. The Morgan fingerprint density at radius 2 is 1.87 bits per heavy atom. The summed E-state index contributed by atoms with van der Waals surface area (Å²) in [5.41, 5.74) is 0. The van der Waals surface area contributed by atoms with Crippen molar-refractivity contribution in [2.24, 2.45) is 5.92 Å². The molecule has 0 aliphatic heterocycles. The SMILES string of the molecule is CC(=O)OCCCCCC/C=C/C(C)C. The lowest BCUT2D eigenvalue weighted by atomic mass is 10.1. The Bertz CT molecular complexity index is 183. The molecular formula is C13H24O2. The van der Waals surface area contributed by atoms with Crippen molar-refractivity contribution in [2.75, 3.05) is 6.61 Å². The van der Waals surface area contributed by atoms with Gasteiger partial charge in [-0.2, -0.15) is 0 Å². The van der Waals surface area contributed by atoms with Gasteiger partial charge in [0.1, 0.15) is 0 Å². The van der Waals surface area contributed by atoms with Gasteiger partial charge in [-0.1, -0.05) is 38.8 Å². The van der Waals surface area contributed by atoms with Crippen molar-refractivity contribution in [3.05, 3.63) is 12.2 Å². The molecule has 0 heterocycles. The van der Waals surface area contributed by atoms with E-state index in [-0.39, 0.29) is 5.97 Å². The predicted octanol–water partition coefficient (Wildman–Crippen LogP) is 3.71. The van der Waals surface area contributed by atoms with Crippen molar-refractivity contribution in [1.29, 1.82) is 0 Å². The van der Waals surface area contributed by atoms with E-state index in [1.54, 1.807) is 0 Å². The normalized spacial score (nSPS) is 11.2. The Labute approximate surface area is 93.7 Å². The van der Waals surface area contributed by atoms with E-state index in [9.17, 15) is 4.79 Å². The fourth-order valence-electron chi connectivity index (χ4n) is 1.30. The molecule has 0 aromatic carbocycles. The van der Waals surface area contributed by atoms with Gasteiger partial charge < -0.3 is 4.74 Å². The fourth-order valence-corrected chi connectivity index (χ4v) is 1.30. The zero-order valence-corrected chi connectivity index (χ0v) is 10.3. The number of allylic oxidation sites excluding steroid dienone is 2. The van der Waals surface area contributed by atoms with E-state index in [1.807, 2.05) is 0 Å². The van der Waals surface area contributed by atoms with Gasteiger partial charge in [0.2, 0.25) is 0 Å². The smallest absolute Gasteiger partial charge is 0.302 e. The average molecular weight is 212 g/mol. The van der Waals surface area contributed by atoms with E-state index in [2.05, 4.69) is 26.0 Å². The number of carbonyl (C=O) groups is 1. The van der Waals surface area contributed by atoms with Crippen LogP contribution in [-0.4, -0.2) is 12.6 Å². The molecule has 2 heteroatoms. The van der Waals surface area contributed by atoms with E-state index >= 15 is 0 Å². The number of carbonyl (C=O) groups excluding carboxylic acids is 1. The zero-order valence-electron chi connectivity index (χ0n) is 10.3. The summed E-state index contributed by atoms with van der Waals surface area (Å²) in [6.07, 6.45) is 10.3. The van der Waals surface area contributed by atoms with Crippen LogP contribution < -0.4 is 0 Å². The third kappa shape index (κ3) is 13.2. The minimum atomic E-state index is -0.171. The molecule has 0 amide bonds. The van der Waals surface area contributed by atoms with Crippen LogP contribution in [0.5, 0.6) is 0 Å². The number of rotatable bonds is 8. The van der Waals surface area contributed by atoms with Crippen LogP contribution in [0.2, 0.25) is 0 Å². The quantitative estimate of drug-likeness (QED) is 0.348. The van der Waals surface area contributed by atoms with Crippen LogP contribution in [0.3, 0.4) is 0 Å². The van der Waals surface area contributed by atoms with Crippen molar-refractivity contribution in [2.45, 2.75) is 52.9 Å². The van der Waals surface area contributed by atoms with E-state index in [1.165, 1.54) is 26.2 Å². The lowest BCUT2D eigenvalue weighted by Gasteiger charge is -2.01. The maximum Gasteiger partial charge on any atom is 0.302 e. The molecule has 0 unspecified atom stereocenters. The summed E-state index contributed by atoms with van der Waals surface area (Å²) in [5, 5.41) is 0. The van der Waals surface area contributed by atoms with Gasteiger partial charge in [0.05, 0.1) is 6.61 Å². The third-order valence-corrected chi connectivity index (χ3v) is 2.09. The average Bonchev–Trinajstić information content (AvgIpc) is 2.14. The molecule has 0 aliphatic carbocycles. The Kier molecular flexibility index (Phi) is 9.24. The zero-order chi connectivity index (χ0) is 11.5. The highest BCUT2D eigenvalue weighted by Gasteiger charge is 1.93. The van der Waals surface area contributed by atoms with Gasteiger partial charge in [-0.15, -0.1) is 0 Å². The standard InChI is InChI=1S/C13H24O2/c1-12(2)10-8-6-4-5-7-9-11-15-13(3)14/h8,10,12H,4-7,9,11H2,1-3H3/b10-8+. The van der Waals surface area contributed by atoms with E-state index in [0.717, 1.165) is 12.8 Å². The Balaban J connectivity index is 3.08. The molecule has 0 fully saturated rings. The molecule has 0 bridgehead atoms. The summed E-state index contributed by atoms with van der Waals surface area (Å²) in [6.45, 7) is 6.42. The van der Waals surface area contributed by atoms with Crippen molar-refractivity contribution in [3.63, 3.8) is 0 Å². The fraction of sp³-hybridized carbons (Fsp3) is 0.769. The monoisotopic (exact) mass is 212 g/mol. The number of ether oxygens (including phenoxy) is 1. The van der Waals surface area contributed by atoms with Crippen LogP contribution in [0.25, 0.3) is 0 Å². The van der Waals surface area contributed by atoms with Gasteiger partial charge in [-0.3, -0.25) is 4.79 Å². The summed E-state index contributed by atoms with van der Waals surface area (Å²) in [6, 6.07) is 0. The number of hydrogen-bond acceptors (Lipinski definition) is 2. The van der Waals surface area contributed by atoms with Crippen LogP contribution in [0.15, 0.2) is 12.2 Å². The number of hydrogen-bond donors (Lipinski definition) is 0. The second-order valence-corrected chi connectivity index (χ2v) is 4.22. The predicted molar refractivity (Wildman–Crippen MR) is 63.7 cm³/mol. The lowest BCUT2D eigenvalue weighted by molar-refractivity contribution is -0.141. The van der Waals surface area contributed by atoms with Gasteiger partial charge in [-0.05, 0) is 25.2 Å². The maximum atomic E-state index is 10.5. The molecule has 0 N–H and O–H groups in total. The molecule has 0 saturated carbocycles. The largest absolute Gasteiger partial charge is 0.466 e. The molecule has 0 aliphatic rings. The van der Waals surface area contributed by atoms with Crippen molar-refractivity contribution in [3.8, 4) is 0 Å². The van der Waals surface area contributed by atoms with Crippen molar-refractivity contribution in [1.82, 2.24) is 0 Å². The highest BCUT2D eigenvalue weighted by Crippen LogP contribution is 2.05. The highest BCUT2D eigenvalue weighted by molar-refractivity contribution is 5.65. The number of unbranched alkanes of at least 4 members (excludes halogenated alkanes) is 4. The molecule has 2 nitrogen and oxygen atoms in total. The minimum absolute atomic E-state index is 0.171. The molecule has 0 rings (SSSR count). The third-order valence-electron chi connectivity index (χ3n) is 2.09. The first-order valence-electron chi connectivity index (χ1n) is 5.93. The highest BCUT2D eigenvalue weighted by atomic mass is 16.5. The van der Waals surface area contributed by atoms with Gasteiger partial charge in [0.25, 0.3) is 0 Å². The first-order chi connectivity index (χ1) is 7.13. The van der Waals surface area contributed by atoms with Crippen LogP contribution in [-0.2, 0) is 9.53 Å². The second kappa shape index (κ2) is 9.75. The van der Waals surface area contributed by atoms with E-state index in [0.29, 0.717) is 12.5 Å². The van der Waals surface area contributed by atoms with Crippen LogP contribution >= 0.6 is 0 Å². The molecular weight excluding hydrogens is 188 g/mol. The summed E-state index contributed by atoms with van der Waals surface area (Å²) in [4.78, 5) is 10.5. The summed E-state index contributed by atoms with van der Waals surface area (Å²) in [5.74, 6) is 0.490. The molecule has 0 radical (unpaired) electrons. The second-order valence-electron chi connectivity index (χ2n) is 4.22. The molecule has 0 spiro atoms. The summed E-state index contributed by atoms with van der Waals surface area (Å²) >= 11 is 0. The summed E-state index contributed by atoms with van der Waals surface area (Å²) < 4.78 is 4.85. The minimum Gasteiger partial charge on any atom is -0.466 e. The van der Waals surface area contributed by atoms with Gasteiger partial charge in [0, 0.05) is 6.92 Å². The Morgan fingerprint density at radius 1 is 1.20 bits per heavy atom. The van der Waals surface area contributed by atoms with Crippen molar-refractivity contribution < 1.29 is 9.53 Å². The maximum absolute atomic E-state index is 10.5. The van der Waals surface area contributed by atoms with Gasteiger partial charge in [-0.25, -0.2) is 0 Å². The van der Waals surface area contributed by atoms with Crippen LogP contribution in [0.1, 0.15) is 52.9 Å². The van der Waals surface area contributed by atoms with Gasteiger partial charge >= 0.3 is 5.97 Å². The Hall–Kier alpha value is -0.790. The van der Waals surface area contributed by atoms with E-state index in [4.69, 9.17) is 4.74 Å². The first-order valence-corrected chi connectivity index (χ1v) is 5.93. The molecule has 0 atom stereocenters. The van der Waals surface area contributed by atoms with Crippen molar-refractivity contribution >= 4 is 5.97 Å². The lowest BCUT2D eigenvalue weighted by Crippen LogP contribution is -1.99. The van der Waals surface area contributed by atoms with Gasteiger partial charge in [0.15, 0.2) is 0 Å². The molecule has 88 valence electrons. The van der Waals surface area contributed by atoms with E-state index < -0.39 is 0 Å². The summed E-state index contributed by atoms with van der Waals surface area (Å²) in [7, 11) is 0. The van der Waals surface area contributed by atoms with Crippen LogP contribution in [0.4, 0.5) is 0 Å². The first kappa shape index (κ1) is 14.2. The molecule has 15 heavy (non-hydrogen) atoms. The molecule has 0 saturated heterocycles. The molecule has 0 aromatic rings. The Morgan fingerprint density at radius 3 is 2.47 bits per heavy atom.